The lowest BCUT2D eigenvalue weighted by atomic mass is 9.99. The van der Waals surface area contributed by atoms with Crippen LogP contribution in [0.4, 0.5) is 0 Å². The van der Waals surface area contributed by atoms with Gasteiger partial charge in [0, 0.05) is 31.2 Å². The number of hydrogen-bond acceptors (Lipinski definition) is 3. The van der Waals surface area contributed by atoms with Crippen molar-refractivity contribution in [2.75, 3.05) is 26.3 Å². The first-order valence-electron chi connectivity index (χ1n) is 6.13. The van der Waals surface area contributed by atoms with E-state index in [0.717, 1.165) is 18.7 Å². The zero-order valence-corrected chi connectivity index (χ0v) is 10.6. The van der Waals surface area contributed by atoms with Crippen LogP contribution in [-0.4, -0.2) is 32.1 Å². The molecule has 0 aromatic heterocycles. The minimum Gasteiger partial charge on any atom is -0.380 e. The second kappa shape index (κ2) is 7.98. The number of nitrogens with one attached hydrogen (secondary N) is 1. The average molecular weight is 235 g/mol. The van der Waals surface area contributed by atoms with Crippen molar-refractivity contribution in [2.24, 2.45) is 5.92 Å². The molecule has 17 heavy (non-hydrogen) atoms. The zero-order valence-electron chi connectivity index (χ0n) is 10.6. The van der Waals surface area contributed by atoms with Gasteiger partial charge in [0.25, 0.3) is 0 Å². The van der Waals surface area contributed by atoms with Gasteiger partial charge in [-0.3, -0.25) is 4.79 Å². The van der Waals surface area contributed by atoms with Crippen LogP contribution in [0.2, 0.25) is 0 Å². The molecule has 1 N–H and O–H groups in total. The van der Waals surface area contributed by atoms with E-state index in [-0.39, 0.29) is 11.7 Å². The van der Waals surface area contributed by atoms with Gasteiger partial charge in [0.1, 0.15) is 0 Å². The Morgan fingerprint density at radius 3 is 2.71 bits per heavy atom. The Morgan fingerprint density at radius 2 is 2.06 bits per heavy atom. The van der Waals surface area contributed by atoms with Gasteiger partial charge in [0.15, 0.2) is 5.78 Å². The summed E-state index contributed by atoms with van der Waals surface area (Å²) in [4.78, 5) is 12.0. The van der Waals surface area contributed by atoms with Gasteiger partial charge in [-0.1, -0.05) is 37.3 Å². The number of carbonyl (C=O) groups excluding carboxylic acids is 1. The monoisotopic (exact) mass is 235 g/mol. The van der Waals surface area contributed by atoms with Gasteiger partial charge in [-0.25, -0.2) is 0 Å². The molecule has 1 atom stereocenters. The maximum atomic E-state index is 12.0. The Kier molecular flexibility index (Phi) is 6.51. The van der Waals surface area contributed by atoms with Crippen molar-refractivity contribution in [3.05, 3.63) is 35.9 Å². The van der Waals surface area contributed by atoms with Crippen LogP contribution in [-0.2, 0) is 4.74 Å². The fraction of sp³-hybridized carbons (Fsp3) is 0.500. The highest BCUT2D eigenvalue weighted by molar-refractivity contribution is 5.97. The van der Waals surface area contributed by atoms with Gasteiger partial charge in [0.05, 0.1) is 6.61 Å². The van der Waals surface area contributed by atoms with E-state index >= 15 is 0 Å². The highest BCUT2D eigenvalue weighted by Gasteiger charge is 2.13. The van der Waals surface area contributed by atoms with Crippen molar-refractivity contribution in [3.63, 3.8) is 0 Å². The Hall–Kier alpha value is -1.19. The largest absolute Gasteiger partial charge is 0.380 e. The molecule has 0 unspecified atom stereocenters. The minimum absolute atomic E-state index is 0.000901. The third kappa shape index (κ3) is 5.11. The van der Waals surface area contributed by atoms with Gasteiger partial charge in [-0.2, -0.15) is 0 Å². The molecule has 0 aliphatic heterocycles. The van der Waals surface area contributed by atoms with Crippen molar-refractivity contribution in [3.8, 4) is 0 Å². The van der Waals surface area contributed by atoms with Crippen LogP contribution in [0.25, 0.3) is 0 Å². The average Bonchev–Trinajstić information content (AvgIpc) is 2.38. The molecule has 0 radical (unpaired) electrons. The normalized spacial score (nSPS) is 12.4. The molecule has 3 nitrogen and oxygen atoms in total. The summed E-state index contributed by atoms with van der Waals surface area (Å²) in [6.45, 7) is 6.84. The third-order valence-electron chi connectivity index (χ3n) is 2.58. The number of ketones is 1. The number of benzene rings is 1. The fourth-order valence-electron chi connectivity index (χ4n) is 1.59. The second-order valence-corrected chi connectivity index (χ2v) is 4.03. The van der Waals surface area contributed by atoms with E-state index in [1.54, 1.807) is 0 Å². The number of rotatable bonds is 8. The zero-order chi connectivity index (χ0) is 12.5. The van der Waals surface area contributed by atoms with Crippen molar-refractivity contribution in [1.82, 2.24) is 5.32 Å². The lowest BCUT2D eigenvalue weighted by Crippen LogP contribution is -2.29. The SMILES string of the molecule is CCOCCNC[C@H](C)C(=O)c1ccccc1. The first kappa shape index (κ1) is 13.9. The molecule has 3 heteroatoms. The standard InChI is InChI=1S/C14H21NO2/c1-3-17-10-9-15-11-12(2)14(16)13-7-5-4-6-8-13/h4-8,12,15H,3,9-11H2,1-2H3/t12-/m0/s1. The smallest absolute Gasteiger partial charge is 0.166 e. The quantitative estimate of drug-likeness (QED) is 0.554. The van der Waals surface area contributed by atoms with Crippen LogP contribution >= 0.6 is 0 Å². The van der Waals surface area contributed by atoms with E-state index in [2.05, 4.69) is 5.32 Å². The van der Waals surface area contributed by atoms with Crippen molar-refractivity contribution in [2.45, 2.75) is 13.8 Å². The highest BCUT2D eigenvalue weighted by Crippen LogP contribution is 2.07. The summed E-state index contributed by atoms with van der Waals surface area (Å²) in [7, 11) is 0. The van der Waals surface area contributed by atoms with E-state index in [4.69, 9.17) is 4.74 Å². The first-order chi connectivity index (χ1) is 8.25. The Labute approximate surface area is 103 Å². The van der Waals surface area contributed by atoms with Gasteiger partial charge < -0.3 is 10.1 Å². The number of carbonyl (C=O) groups is 1. The summed E-state index contributed by atoms with van der Waals surface area (Å²) in [6, 6.07) is 9.42. The van der Waals surface area contributed by atoms with Gasteiger partial charge in [0.2, 0.25) is 0 Å². The van der Waals surface area contributed by atoms with Crippen LogP contribution in [0.1, 0.15) is 24.2 Å². The van der Waals surface area contributed by atoms with E-state index < -0.39 is 0 Å². The van der Waals surface area contributed by atoms with Crippen molar-refractivity contribution < 1.29 is 9.53 Å². The molecule has 0 aliphatic carbocycles. The molecule has 1 aromatic rings. The summed E-state index contributed by atoms with van der Waals surface area (Å²) < 4.78 is 5.21. The molecule has 1 rings (SSSR count). The van der Waals surface area contributed by atoms with Crippen LogP contribution in [0, 0.1) is 5.92 Å². The van der Waals surface area contributed by atoms with E-state index in [0.29, 0.717) is 13.2 Å². The second-order valence-electron chi connectivity index (χ2n) is 4.03. The van der Waals surface area contributed by atoms with Crippen LogP contribution in [0.15, 0.2) is 30.3 Å². The number of hydrogen-bond donors (Lipinski definition) is 1. The molecular formula is C14H21NO2. The van der Waals surface area contributed by atoms with E-state index in [9.17, 15) is 4.79 Å². The summed E-state index contributed by atoms with van der Waals surface area (Å²) in [5.74, 6) is 0.188. The Morgan fingerprint density at radius 1 is 1.35 bits per heavy atom. The molecule has 0 fully saturated rings. The molecule has 0 saturated carbocycles. The number of Topliss-reactive ketones (excluding diaryl/α,β-unsaturated/α-hetero) is 1. The van der Waals surface area contributed by atoms with Crippen molar-refractivity contribution in [1.29, 1.82) is 0 Å². The Bertz CT molecular complexity index is 324. The summed E-state index contributed by atoms with van der Waals surface area (Å²) in [5.41, 5.74) is 0.784. The predicted molar refractivity (Wildman–Crippen MR) is 69.3 cm³/mol. The lowest BCUT2D eigenvalue weighted by Gasteiger charge is -2.11. The lowest BCUT2D eigenvalue weighted by molar-refractivity contribution is 0.0925. The summed E-state index contributed by atoms with van der Waals surface area (Å²) in [5, 5.41) is 3.22. The fourth-order valence-corrected chi connectivity index (χ4v) is 1.59. The molecule has 0 aliphatic rings. The highest BCUT2D eigenvalue weighted by atomic mass is 16.5. The van der Waals surface area contributed by atoms with Crippen LogP contribution in [0.5, 0.6) is 0 Å². The Balaban J connectivity index is 2.28. The first-order valence-corrected chi connectivity index (χ1v) is 6.13. The van der Waals surface area contributed by atoms with Gasteiger partial charge >= 0.3 is 0 Å². The molecule has 0 amide bonds. The van der Waals surface area contributed by atoms with E-state index in [1.807, 2.05) is 44.2 Å². The van der Waals surface area contributed by atoms with Gasteiger partial charge in [-0.15, -0.1) is 0 Å². The minimum atomic E-state index is -0.000901. The summed E-state index contributed by atoms with van der Waals surface area (Å²) in [6.07, 6.45) is 0. The maximum absolute atomic E-state index is 12.0. The summed E-state index contributed by atoms with van der Waals surface area (Å²) >= 11 is 0. The van der Waals surface area contributed by atoms with Crippen molar-refractivity contribution >= 4 is 5.78 Å². The van der Waals surface area contributed by atoms with Crippen LogP contribution in [0.3, 0.4) is 0 Å². The molecule has 1 aromatic carbocycles. The van der Waals surface area contributed by atoms with Gasteiger partial charge in [-0.05, 0) is 6.92 Å². The predicted octanol–water partition coefficient (Wildman–Crippen LogP) is 2.13. The van der Waals surface area contributed by atoms with E-state index in [1.165, 1.54) is 0 Å². The molecule has 94 valence electrons. The van der Waals surface area contributed by atoms with Crippen LogP contribution < -0.4 is 5.32 Å². The number of ether oxygens (including phenoxy) is 1. The molecule has 0 saturated heterocycles. The molecule has 0 bridgehead atoms. The topological polar surface area (TPSA) is 38.3 Å². The molecule has 0 heterocycles. The maximum Gasteiger partial charge on any atom is 0.166 e. The molecular weight excluding hydrogens is 214 g/mol. The molecule has 0 spiro atoms. The third-order valence-corrected chi connectivity index (χ3v) is 2.58.